The van der Waals surface area contributed by atoms with Crippen LogP contribution in [0.2, 0.25) is 0 Å². The quantitative estimate of drug-likeness (QED) is 0.672. The molecule has 0 spiro atoms. The van der Waals surface area contributed by atoms with E-state index in [2.05, 4.69) is 39.7 Å². The lowest BCUT2D eigenvalue weighted by Gasteiger charge is -2.06. The zero-order valence-electron chi connectivity index (χ0n) is 9.52. The number of H-pyrrole nitrogens is 1. The first-order valence-corrected chi connectivity index (χ1v) is 6.55. The van der Waals surface area contributed by atoms with Crippen molar-refractivity contribution in [3.05, 3.63) is 59.9 Å². The normalized spacial score (nSPS) is 11.1. The van der Waals surface area contributed by atoms with Crippen LogP contribution in [0.25, 0.3) is 10.2 Å². The van der Waals surface area contributed by atoms with E-state index >= 15 is 0 Å². The molecule has 0 aliphatic heterocycles. The lowest BCUT2D eigenvalue weighted by atomic mass is 10.2. The summed E-state index contributed by atoms with van der Waals surface area (Å²) in [7, 11) is 0. The van der Waals surface area contributed by atoms with Crippen molar-refractivity contribution in [1.29, 1.82) is 0 Å². The molecule has 3 aromatic rings. The van der Waals surface area contributed by atoms with Crippen LogP contribution in [0, 0.1) is 0 Å². The van der Waals surface area contributed by atoms with E-state index in [1.54, 1.807) is 11.3 Å². The van der Waals surface area contributed by atoms with Gasteiger partial charge in [0.05, 0.1) is 10.2 Å². The molecule has 0 aliphatic rings. The molecule has 17 heavy (non-hydrogen) atoms. The van der Waals surface area contributed by atoms with Gasteiger partial charge in [0.2, 0.25) is 0 Å². The van der Waals surface area contributed by atoms with Crippen LogP contribution in [0.5, 0.6) is 0 Å². The molecule has 3 aromatic heterocycles. The van der Waals surface area contributed by atoms with E-state index in [4.69, 9.17) is 0 Å². The van der Waals surface area contributed by atoms with Gasteiger partial charge in [-0.25, -0.2) is 0 Å². The summed E-state index contributed by atoms with van der Waals surface area (Å²) >= 11 is 1.80. The van der Waals surface area contributed by atoms with Crippen LogP contribution in [0.3, 0.4) is 0 Å². The Morgan fingerprint density at radius 1 is 1.41 bits per heavy atom. The fraction of sp³-hybridized carbons (Fsp3) is 0.143. The van der Waals surface area contributed by atoms with E-state index < -0.39 is 0 Å². The summed E-state index contributed by atoms with van der Waals surface area (Å²) in [6, 6.07) is 8.63. The summed E-state index contributed by atoms with van der Waals surface area (Å²) in [6.07, 6.45) is 4.87. The highest BCUT2D eigenvalue weighted by Crippen LogP contribution is 2.26. The number of nitrogens with zero attached hydrogens (tertiary/aromatic N) is 1. The first kappa shape index (κ1) is 10.4. The van der Waals surface area contributed by atoms with Gasteiger partial charge in [-0.2, -0.15) is 0 Å². The van der Waals surface area contributed by atoms with Gasteiger partial charge < -0.3 is 9.55 Å². The number of nitrogens with one attached hydrogen (secondary N) is 1. The highest BCUT2D eigenvalue weighted by Gasteiger charge is 2.09. The molecule has 0 aromatic carbocycles. The summed E-state index contributed by atoms with van der Waals surface area (Å²) in [4.78, 5) is 3.26. The second-order valence-corrected chi connectivity index (χ2v) is 5.02. The van der Waals surface area contributed by atoms with E-state index in [1.807, 2.05) is 18.3 Å². The Hall–Kier alpha value is -1.74. The fourth-order valence-corrected chi connectivity index (χ4v) is 3.04. The summed E-state index contributed by atoms with van der Waals surface area (Å²) in [5.41, 5.74) is 3.91. The third kappa shape index (κ3) is 1.83. The molecule has 0 radical (unpaired) electrons. The maximum Gasteiger partial charge on any atom is 0.0595 e. The predicted octanol–water partition coefficient (Wildman–Crippen LogP) is 3.81. The Morgan fingerprint density at radius 3 is 3.12 bits per heavy atom. The second kappa shape index (κ2) is 4.26. The standard InChI is InChI=1S/C14H14N2S/c1-2-7-16-12(9-11-4-3-6-15-11)10-14-13(16)5-8-17-14/h2-6,8,10,15H,1,7,9H2. The van der Waals surface area contributed by atoms with Crippen molar-refractivity contribution in [3.8, 4) is 0 Å². The van der Waals surface area contributed by atoms with Gasteiger partial charge in [0, 0.05) is 30.6 Å². The second-order valence-electron chi connectivity index (χ2n) is 4.08. The Balaban J connectivity index is 2.05. The van der Waals surface area contributed by atoms with E-state index in [9.17, 15) is 0 Å². The first-order chi connectivity index (χ1) is 8.38. The number of thiophene rings is 1. The molecule has 0 bridgehead atoms. The van der Waals surface area contributed by atoms with Gasteiger partial charge in [0.1, 0.15) is 0 Å². The van der Waals surface area contributed by atoms with E-state index in [0.29, 0.717) is 0 Å². The van der Waals surface area contributed by atoms with Crippen molar-refractivity contribution < 1.29 is 0 Å². The van der Waals surface area contributed by atoms with Crippen LogP contribution in [0.15, 0.2) is 48.5 Å². The van der Waals surface area contributed by atoms with Crippen molar-refractivity contribution >= 4 is 21.6 Å². The van der Waals surface area contributed by atoms with Gasteiger partial charge in [0.15, 0.2) is 0 Å². The third-order valence-corrected chi connectivity index (χ3v) is 3.81. The highest BCUT2D eigenvalue weighted by molar-refractivity contribution is 7.17. The van der Waals surface area contributed by atoms with Crippen molar-refractivity contribution in [2.45, 2.75) is 13.0 Å². The smallest absolute Gasteiger partial charge is 0.0595 e. The van der Waals surface area contributed by atoms with Crippen LogP contribution < -0.4 is 0 Å². The first-order valence-electron chi connectivity index (χ1n) is 5.67. The molecule has 0 fully saturated rings. The zero-order chi connectivity index (χ0) is 11.7. The number of hydrogen-bond acceptors (Lipinski definition) is 1. The minimum Gasteiger partial charge on any atom is -0.365 e. The topological polar surface area (TPSA) is 20.7 Å². The summed E-state index contributed by atoms with van der Waals surface area (Å²) < 4.78 is 3.69. The van der Waals surface area contributed by atoms with Gasteiger partial charge >= 0.3 is 0 Å². The Labute approximate surface area is 104 Å². The van der Waals surface area contributed by atoms with Gasteiger partial charge in [-0.15, -0.1) is 17.9 Å². The lowest BCUT2D eigenvalue weighted by molar-refractivity contribution is 0.801. The molecular formula is C14H14N2S. The summed E-state index contributed by atoms with van der Waals surface area (Å²) in [6.45, 7) is 4.71. The summed E-state index contributed by atoms with van der Waals surface area (Å²) in [5, 5.41) is 2.14. The van der Waals surface area contributed by atoms with Crippen molar-refractivity contribution in [2.75, 3.05) is 0 Å². The van der Waals surface area contributed by atoms with Crippen LogP contribution in [0.4, 0.5) is 0 Å². The third-order valence-electron chi connectivity index (χ3n) is 2.95. The number of fused-ring (bicyclic) bond motifs is 1. The average molecular weight is 242 g/mol. The van der Waals surface area contributed by atoms with Gasteiger partial charge in [-0.05, 0) is 29.6 Å². The average Bonchev–Trinajstić information content (AvgIpc) is 2.99. The molecule has 0 unspecified atom stereocenters. The maximum absolute atomic E-state index is 3.84. The minimum atomic E-state index is 0.871. The molecule has 0 saturated heterocycles. The van der Waals surface area contributed by atoms with Crippen molar-refractivity contribution in [2.24, 2.45) is 0 Å². The van der Waals surface area contributed by atoms with E-state index in [-0.39, 0.29) is 0 Å². The van der Waals surface area contributed by atoms with E-state index in [0.717, 1.165) is 13.0 Å². The number of aromatic amines is 1. The van der Waals surface area contributed by atoms with Crippen molar-refractivity contribution in [3.63, 3.8) is 0 Å². The molecule has 86 valence electrons. The molecule has 2 nitrogen and oxygen atoms in total. The number of aromatic nitrogens is 2. The fourth-order valence-electron chi connectivity index (χ4n) is 2.19. The Kier molecular flexibility index (Phi) is 2.61. The van der Waals surface area contributed by atoms with Crippen LogP contribution in [0.1, 0.15) is 11.4 Å². The van der Waals surface area contributed by atoms with E-state index in [1.165, 1.54) is 21.6 Å². The largest absolute Gasteiger partial charge is 0.365 e. The Bertz CT molecular complexity index is 628. The number of rotatable bonds is 4. The molecule has 3 rings (SSSR count). The SMILES string of the molecule is C=CCn1c(Cc2ccc[nH]2)cc2sccc21. The lowest BCUT2D eigenvalue weighted by Crippen LogP contribution is -2.01. The highest BCUT2D eigenvalue weighted by atomic mass is 32.1. The van der Waals surface area contributed by atoms with Crippen LogP contribution in [-0.2, 0) is 13.0 Å². The molecule has 3 heteroatoms. The number of allylic oxidation sites excluding steroid dienone is 1. The molecule has 0 saturated carbocycles. The monoisotopic (exact) mass is 242 g/mol. The summed E-state index contributed by atoms with van der Waals surface area (Å²) in [5.74, 6) is 0. The molecular weight excluding hydrogens is 228 g/mol. The van der Waals surface area contributed by atoms with Crippen molar-refractivity contribution in [1.82, 2.24) is 9.55 Å². The van der Waals surface area contributed by atoms with Gasteiger partial charge in [-0.1, -0.05) is 6.08 Å². The minimum absolute atomic E-state index is 0.871. The maximum atomic E-state index is 3.84. The van der Waals surface area contributed by atoms with Gasteiger partial charge in [-0.3, -0.25) is 0 Å². The van der Waals surface area contributed by atoms with Crippen LogP contribution in [-0.4, -0.2) is 9.55 Å². The van der Waals surface area contributed by atoms with Crippen LogP contribution >= 0.6 is 11.3 Å². The molecule has 0 aliphatic carbocycles. The molecule has 3 heterocycles. The zero-order valence-corrected chi connectivity index (χ0v) is 10.3. The van der Waals surface area contributed by atoms with Gasteiger partial charge in [0.25, 0.3) is 0 Å². The number of hydrogen-bond donors (Lipinski definition) is 1. The molecule has 0 atom stereocenters. The Morgan fingerprint density at radius 2 is 2.35 bits per heavy atom. The predicted molar refractivity (Wildman–Crippen MR) is 73.6 cm³/mol. The molecule has 0 amide bonds. The molecule has 1 N–H and O–H groups in total.